The van der Waals surface area contributed by atoms with Gasteiger partial charge in [-0.1, -0.05) is 0 Å². The Morgan fingerprint density at radius 3 is 2.63 bits per heavy atom. The van der Waals surface area contributed by atoms with Gasteiger partial charge in [-0.25, -0.2) is 4.39 Å². The van der Waals surface area contributed by atoms with E-state index in [1.807, 2.05) is 13.1 Å². The summed E-state index contributed by atoms with van der Waals surface area (Å²) < 4.78 is 13.6. The Hall–Kier alpha value is -1.09. The van der Waals surface area contributed by atoms with Crippen LogP contribution >= 0.6 is 0 Å². The van der Waals surface area contributed by atoms with E-state index >= 15 is 0 Å². The van der Waals surface area contributed by atoms with E-state index in [1.54, 1.807) is 12.1 Å². The molecule has 2 fully saturated rings. The lowest BCUT2D eigenvalue weighted by atomic mass is 10.0. The fraction of sp³-hybridized carbons (Fsp3) is 0.625. The van der Waals surface area contributed by atoms with Crippen molar-refractivity contribution >= 4 is 5.69 Å². The zero-order valence-corrected chi connectivity index (χ0v) is 11.8. The van der Waals surface area contributed by atoms with Crippen LogP contribution in [0.5, 0.6) is 0 Å². The van der Waals surface area contributed by atoms with Crippen molar-refractivity contribution in [2.24, 2.45) is 5.92 Å². The van der Waals surface area contributed by atoms with Crippen LogP contribution in [0.25, 0.3) is 0 Å². The first-order valence-electron chi connectivity index (χ1n) is 7.42. The zero-order valence-electron chi connectivity index (χ0n) is 11.8. The molecule has 0 heterocycles. The van der Waals surface area contributed by atoms with Crippen molar-refractivity contribution < 1.29 is 4.39 Å². The van der Waals surface area contributed by atoms with E-state index in [1.165, 1.54) is 31.4 Å². The molecule has 1 atom stereocenters. The highest BCUT2D eigenvalue weighted by atomic mass is 19.1. The fourth-order valence-corrected chi connectivity index (χ4v) is 2.70. The molecule has 1 unspecified atom stereocenters. The van der Waals surface area contributed by atoms with Gasteiger partial charge in [-0.2, -0.15) is 0 Å². The number of nitrogens with zero attached hydrogens (tertiary/aromatic N) is 1. The Kier molecular flexibility index (Phi) is 3.48. The van der Waals surface area contributed by atoms with Crippen molar-refractivity contribution in [3.05, 3.63) is 29.6 Å². The molecule has 3 rings (SSSR count). The summed E-state index contributed by atoms with van der Waals surface area (Å²) in [6.07, 6.45) is 5.30. The van der Waals surface area contributed by atoms with Crippen LogP contribution < -0.4 is 10.2 Å². The average Bonchev–Trinajstić information content (AvgIpc) is 3.27. The topological polar surface area (TPSA) is 15.3 Å². The van der Waals surface area contributed by atoms with Crippen LogP contribution in [0.1, 0.15) is 44.2 Å². The molecule has 0 saturated heterocycles. The molecule has 0 aromatic heterocycles. The van der Waals surface area contributed by atoms with Crippen molar-refractivity contribution in [2.75, 3.05) is 18.5 Å². The summed E-state index contributed by atoms with van der Waals surface area (Å²) in [4.78, 5) is 2.53. The second-order valence-electron chi connectivity index (χ2n) is 6.04. The van der Waals surface area contributed by atoms with Gasteiger partial charge in [-0.15, -0.1) is 0 Å². The molecule has 1 aromatic rings. The van der Waals surface area contributed by atoms with Crippen molar-refractivity contribution in [2.45, 2.75) is 44.7 Å². The maximum absolute atomic E-state index is 13.6. The van der Waals surface area contributed by atoms with Gasteiger partial charge in [0.1, 0.15) is 5.82 Å². The first kappa shape index (κ1) is 12.9. The SMILES string of the molecule is CNC(C)c1cc(F)ccc1N(CC1CC1)C1CC1. The second-order valence-corrected chi connectivity index (χ2v) is 6.04. The molecular formula is C16H23FN2. The highest BCUT2D eigenvalue weighted by Crippen LogP contribution is 2.40. The van der Waals surface area contributed by atoms with Gasteiger partial charge in [0.2, 0.25) is 0 Å². The summed E-state index contributed by atoms with van der Waals surface area (Å²) in [5.41, 5.74) is 2.33. The third-order valence-electron chi connectivity index (χ3n) is 4.34. The molecule has 2 saturated carbocycles. The lowest BCUT2D eigenvalue weighted by Gasteiger charge is -2.29. The number of rotatable bonds is 6. The molecular weight excluding hydrogens is 239 g/mol. The van der Waals surface area contributed by atoms with Crippen LogP contribution in [0.2, 0.25) is 0 Å². The van der Waals surface area contributed by atoms with Gasteiger partial charge < -0.3 is 10.2 Å². The van der Waals surface area contributed by atoms with E-state index < -0.39 is 0 Å². The van der Waals surface area contributed by atoms with Crippen molar-refractivity contribution in [3.8, 4) is 0 Å². The maximum Gasteiger partial charge on any atom is 0.123 e. The molecule has 2 nitrogen and oxygen atoms in total. The van der Waals surface area contributed by atoms with E-state index in [0.717, 1.165) is 18.0 Å². The molecule has 1 aromatic carbocycles. The summed E-state index contributed by atoms with van der Waals surface area (Å²) in [7, 11) is 1.93. The lowest BCUT2D eigenvalue weighted by Crippen LogP contribution is -2.30. The molecule has 0 radical (unpaired) electrons. The standard InChI is InChI=1S/C16H23FN2/c1-11(18-2)15-9-13(17)5-8-16(15)19(14-6-7-14)10-12-3-4-12/h5,8-9,11-12,14,18H,3-4,6-7,10H2,1-2H3. The van der Waals surface area contributed by atoms with Gasteiger partial charge >= 0.3 is 0 Å². The summed E-state index contributed by atoms with van der Waals surface area (Å²) in [5, 5.41) is 3.24. The minimum atomic E-state index is -0.136. The maximum atomic E-state index is 13.6. The third-order valence-corrected chi connectivity index (χ3v) is 4.34. The summed E-state index contributed by atoms with van der Waals surface area (Å²) in [5.74, 6) is 0.728. The van der Waals surface area contributed by atoms with Gasteiger partial charge in [0.05, 0.1) is 0 Å². The molecule has 1 N–H and O–H groups in total. The summed E-state index contributed by atoms with van der Waals surface area (Å²) in [6, 6.07) is 6.14. The summed E-state index contributed by atoms with van der Waals surface area (Å²) >= 11 is 0. The van der Waals surface area contributed by atoms with Crippen LogP contribution in [0.4, 0.5) is 10.1 Å². The molecule has 0 bridgehead atoms. The molecule has 2 aliphatic carbocycles. The van der Waals surface area contributed by atoms with E-state index in [-0.39, 0.29) is 11.9 Å². The number of anilines is 1. The molecule has 0 amide bonds. The highest BCUT2D eigenvalue weighted by molar-refractivity contribution is 5.57. The van der Waals surface area contributed by atoms with Crippen molar-refractivity contribution in [3.63, 3.8) is 0 Å². The minimum Gasteiger partial charge on any atom is -0.368 e. The molecule has 2 aliphatic rings. The first-order chi connectivity index (χ1) is 9.19. The molecule has 0 spiro atoms. The highest BCUT2D eigenvalue weighted by Gasteiger charge is 2.35. The molecule has 0 aliphatic heterocycles. The van der Waals surface area contributed by atoms with E-state index in [9.17, 15) is 4.39 Å². The van der Waals surface area contributed by atoms with Crippen molar-refractivity contribution in [1.29, 1.82) is 0 Å². The van der Waals surface area contributed by atoms with Gasteiger partial charge in [-0.05, 0) is 69.3 Å². The monoisotopic (exact) mass is 262 g/mol. The molecule has 104 valence electrons. The molecule has 3 heteroatoms. The fourth-order valence-electron chi connectivity index (χ4n) is 2.70. The largest absolute Gasteiger partial charge is 0.368 e. The Labute approximate surface area is 115 Å². The van der Waals surface area contributed by atoms with Gasteiger partial charge in [0, 0.05) is 24.3 Å². The second kappa shape index (κ2) is 5.12. The predicted molar refractivity (Wildman–Crippen MR) is 77.0 cm³/mol. The van der Waals surface area contributed by atoms with E-state index in [4.69, 9.17) is 0 Å². The lowest BCUT2D eigenvalue weighted by molar-refractivity contribution is 0.604. The van der Waals surface area contributed by atoms with Crippen LogP contribution in [0.15, 0.2) is 18.2 Å². The van der Waals surface area contributed by atoms with Gasteiger partial charge in [0.25, 0.3) is 0 Å². The normalized spacial score (nSPS) is 20.4. The van der Waals surface area contributed by atoms with Gasteiger partial charge in [-0.3, -0.25) is 0 Å². The number of benzene rings is 1. The molecule has 19 heavy (non-hydrogen) atoms. The van der Waals surface area contributed by atoms with Crippen molar-refractivity contribution in [1.82, 2.24) is 5.32 Å². The van der Waals surface area contributed by atoms with Crippen LogP contribution in [0.3, 0.4) is 0 Å². The summed E-state index contributed by atoms with van der Waals surface area (Å²) in [6.45, 7) is 3.25. The third kappa shape index (κ3) is 2.92. The Morgan fingerprint density at radius 2 is 2.05 bits per heavy atom. The van der Waals surface area contributed by atoms with Gasteiger partial charge in [0.15, 0.2) is 0 Å². The quantitative estimate of drug-likeness (QED) is 0.844. The number of hydrogen-bond acceptors (Lipinski definition) is 2. The number of nitrogens with one attached hydrogen (secondary N) is 1. The number of hydrogen-bond donors (Lipinski definition) is 1. The smallest absolute Gasteiger partial charge is 0.123 e. The van der Waals surface area contributed by atoms with E-state index in [2.05, 4.69) is 17.1 Å². The average molecular weight is 262 g/mol. The Morgan fingerprint density at radius 1 is 1.32 bits per heavy atom. The zero-order chi connectivity index (χ0) is 13.4. The Balaban J connectivity index is 1.91. The number of halogens is 1. The minimum absolute atomic E-state index is 0.136. The van der Waals surface area contributed by atoms with E-state index in [0.29, 0.717) is 6.04 Å². The Bertz CT molecular complexity index is 452. The first-order valence-corrected chi connectivity index (χ1v) is 7.42. The van der Waals surface area contributed by atoms with Crippen LogP contribution in [-0.4, -0.2) is 19.6 Å². The van der Waals surface area contributed by atoms with Crippen LogP contribution in [0, 0.1) is 11.7 Å². The van der Waals surface area contributed by atoms with Crippen LogP contribution in [-0.2, 0) is 0 Å². The predicted octanol–water partition coefficient (Wildman–Crippen LogP) is 3.48.